The van der Waals surface area contributed by atoms with Crippen molar-refractivity contribution in [1.29, 1.82) is 0 Å². The predicted molar refractivity (Wildman–Crippen MR) is 64.1 cm³/mol. The molecular formula is C11H15BrN2O. The van der Waals surface area contributed by atoms with E-state index in [4.69, 9.17) is 4.74 Å². The van der Waals surface area contributed by atoms with Crippen LogP contribution < -0.4 is 5.32 Å². The van der Waals surface area contributed by atoms with Crippen molar-refractivity contribution >= 4 is 21.6 Å². The van der Waals surface area contributed by atoms with E-state index in [1.54, 1.807) is 7.11 Å². The molecule has 0 bridgehead atoms. The van der Waals surface area contributed by atoms with E-state index in [0.717, 1.165) is 28.7 Å². The van der Waals surface area contributed by atoms with Crippen LogP contribution in [0.5, 0.6) is 0 Å². The van der Waals surface area contributed by atoms with Gasteiger partial charge in [0.1, 0.15) is 4.60 Å². The Kier molecular flexibility index (Phi) is 3.26. The number of anilines is 1. The molecule has 1 aliphatic carbocycles. The molecule has 1 heterocycles. The van der Waals surface area contributed by atoms with Crippen molar-refractivity contribution in [1.82, 2.24) is 4.98 Å². The first kappa shape index (κ1) is 10.9. The summed E-state index contributed by atoms with van der Waals surface area (Å²) in [4.78, 5) is 4.25. The largest absolute Gasteiger partial charge is 0.381 e. The van der Waals surface area contributed by atoms with E-state index in [2.05, 4.69) is 32.3 Å². The molecule has 15 heavy (non-hydrogen) atoms. The van der Waals surface area contributed by atoms with Gasteiger partial charge in [0.05, 0.1) is 18.0 Å². The van der Waals surface area contributed by atoms with Crippen molar-refractivity contribution in [2.45, 2.75) is 31.9 Å². The molecule has 1 saturated carbocycles. The summed E-state index contributed by atoms with van der Waals surface area (Å²) < 4.78 is 6.15. The number of nitrogens with zero attached hydrogens (tertiary/aromatic N) is 1. The SMILES string of the molecule is COC1CC(Nc2cnc(Br)c(C)c2)C1. The minimum absolute atomic E-state index is 0.437. The fourth-order valence-electron chi connectivity index (χ4n) is 1.75. The van der Waals surface area contributed by atoms with Gasteiger partial charge in [-0.1, -0.05) is 0 Å². The summed E-state index contributed by atoms with van der Waals surface area (Å²) >= 11 is 3.39. The van der Waals surface area contributed by atoms with Gasteiger partial charge in [-0.15, -0.1) is 0 Å². The van der Waals surface area contributed by atoms with Crippen molar-refractivity contribution in [3.8, 4) is 0 Å². The van der Waals surface area contributed by atoms with Gasteiger partial charge in [-0.2, -0.15) is 0 Å². The number of hydrogen-bond acceptors (Lipinski definition) is 3. The average molecular weight is 271 g/mol. The summed E-state index contributed by atoms with van der Waals surface area (Å²) in [6.07, 6.45) is 4.47. The molecule has 0 radical (unpaired) electrons. The van der Waals surface area contributed by atoms with Gasteiger partial charge in [-0.3, -0.25) is 0 Å². The molecule has 0 atom stereocenters. The Morgan fingerprint density at radius 3 is 2.87 bits per heavy atom. The highest BCUT2D eigenvalue weighted by molar-refractivity contribution is 9.10. The number of methoxy groups -OCH3 is 1. The smallest absolute Gasteiger partial charge is 0.109 e. The van der Waals surface area contributed by atoms with E-state index in [0.29, 0.717) is 12.1 Å². The number of nitrogens with one attached hydrogen (secondary N) is 1. The fourth-order valence-corrected chi connectivity index (χ4v) is 1.97. The Balaban J connectivity index is 1.92. The van der Waals surface area contributed by atoms with Crippen molar-refractivity contribution in [3.63, 3.8) is 0 Å². The third-order valence-corrected chi connectivity index (χ3v) is 3.64. The molecule has 2 rings (SSSR count). The van der Waals surface area contributed by atoms with E-state index < -0.39 is 0 Å². The van der Waals surface area contributed by atoms with Crippen molar-refractivity contribution in [3.05, 3.63) is 22.4 Å². The first-order chi connectivity index (χ1) is 7.19. The fraction of sp³-hybridized carbons (Fsp3) is 0.545. The summed E-state index contributed by atoms with van der Waals surface area (Å²) in [5.74, 6) is 0. The zero-order chi connectivity index (χ0) is 10.8. The zero-order valence-corrected chi connectivity index (χ0v) is 10.5. The lowest BCUT2D eigenvalue weighted by molar-refractivity contribution is 0.0328. The third kappa shape index (κ3) is 2.49. The monoisotopic (exact) mass is 270 g/mol. The average Bonchev–Trinajstić information content (AvgIpc) is 2.16. The van der Waals surface area contributed by atoms with Crippen molar-refractivity contribution in [2.75, 3.05) is 12.4 Å². The normalized spacial score (nSPS) is 24.7. The van der Waals surface area contributed by atoms with Gasteiger partial charge in [0.15, 0.2) is 0 Å². The number of pyridine rings is 1. The van der Waals surface area contributed by atoms with E-state index >= 15 is 0 Å². The summed E-state index contributed by atoms with van der Waals surface area (Å²) in [6.45, 7) is 2.04. The van der Waals surface area contributed by atoms with Crippen LogP contribution in [0.2, 0.25) is 0 Å². The molecule has 0 aliphatic heterocycles. The Hall–Kier alpha value is -0.610. The molecule has 1 fully saturated rings. The Labute approximate surface area is 98.4 Å². The van der Waals surface area contributed by atoms with Crippen LogP contribution in [0, 0.1) is 6.92 Å². The molecule has 0 amide bonds. The second-order valence-corrected chi connectivity index (χ2v) is 4.75. The second-order valence-electron chi connectivity index (χ2n) is 4.00. The van der Waals surface area contributed by atoms with Crippen LogP contribution >= 0.6 is 15.9 Å². The highest BCUT2D eigenvalue weighted by Gasteiger charge is 2.28. The molecule has 0 saturated heterocycles. The highest BCUT2D eigenvalue weighted by atomic mass is 79.9. The number of halogens is 1. The lowest BCUT2D eigenvalue weighted by atomic mass is 9.89. The zero-order valence-electron chi connectivity index (χ0n) is 8.96. The molecule has 4 heteroatoms. The highest BCUT2D eigenvalue weighted by Crippen LogP contribution is 2.27. The maximum Gasteiger partial charge on any atom is 0.109 e. The standard InChI is InChI=1S/C11H15BrN2O/c1-7-3-9(6-13-11(7)12)14-8-4-10(5-8)15-2/h3,6,8,10,14H,4-5H2,1-2H3. The minimum Gasteiger partial charge on any atom is -0.381 e. The maximum atomic E-state index is 5.23. The summed E-state index contributed by atoms with van der Waals surface area (Å²) in [5.41, 5.74) is 2.25. The number of aromatic nitrogens is 1. The van der Waals surface area contributed by atoms with Crippen molar-refractivity contribution < 1.29 is 4.74 Å². The first-order valence-corrected chi connectivity index (χ1v) is 5.90. The Morgan fingerprint density at radius 1 is 1.53 bits per heavy atom. The van der Waals surface area contributed by atoms with E-state index in [1.165, 1.54) is 0 Å². The van der Waals surface area contributed by atoms with Gasteiger partial charge in [0.25, 0.3) is 0 Å². The van der Waals surface area contributed by atoms with Crippen LogP contribution in [0.1, 0.15) is 18.4 Å². The van der Waals surface area contributed by atoms with Gasteiger partial charge in [-0.25, -0.2) is 4.98 Å². The van der Waals surface area contributed by atoms with Crippen LogP contribution in [0.4, 0.5) is 5.69 Å². The number of aryl methyl sites for hydroxylation is 1. The third-order valence-electron chi connectivity index (χ3n) is 2.81. The van der Waals surface area contributed by atoms with Crippen LogP contribution in [-0.2, 0) is 4.74 Å². The van der Waals surface area contributed by atoms with Crippen molar-refractivity contribution in [2.24, 2.45) is 0 Å². The quantitative estimate of drug-likeness (QED) is 0.858. The molecule has 1 N–H and O–H groups in total. The number of hydrogen-bond donors (Lipinski definition) is 1. The molecule has 0 unspecified atom stereocenters. The minimum atomic E-state index is 0.437. The molecule has 0 spiro atoms. The van der Waals surface area contributed by atoms with Gasteiger partial charge in [0.2, 0.25) is 0 Å². The Morgan fingerprint density at radius 2 is 2.27 bits per heavy atom. The molecular weight excluding hydrogens is 256 g/mol. The van der Waals surface area contributed by atoms with E-state index in [9.17, 15) is 0 Å². The molecule has 1 aromatic heterocycles. The summed E-state index contributed by atoms with van der Waals surface area (Å²) in [7, 11) is 1.77. The second kappa shape index (κ2) is 4.49. The van der Waals surface area contributed by atoms with Crippen LogP contribution in [0.25, 0.3) is 0 Å². The molecule has 82 valence electrons. The Bertz CT molecular complexity index is 350. The molecule has 3 nitrogen and oxygen atoms in total. The number of rotatable bonds is 3. The summed E-state index contributed by atoms with van der Waals surface area (Å²) in [6, 6.07) is 2.65. The lowest BCUT2D eigenvalue weighted by Crippen LogP contribution is -2.40. The van der Waals surface area contributed by atoms with Gasteiger partial charge < -0.3 is 10.1 Å². The topological polar surface area (TPSA) is 34.1 Å². The van der Waals surface area contributed by atoms with Gasteiger partial charge in [-0.05, 0) is 47.3 Å². The van der Waals surface area contributed by atoms with Crippen LogP contribution in [0.15, 0.2) is 16.9 Å². The molecule has 1 aromatic rings. The van der Waals surface area contributed by atoms with E-state index in [-0.39, 0.29) is 0 Å². The van der Waals surface area contributed by atoms with Gasteiger partial charge in [0, 0.05) is 13.2 Å². The molecule has 1 aliphatic rings. The van der Waals surface area contributed by atoms with Crippen LogP contribution in [-0.4, -0.2) is 24.2 Å². The molecule has 0 aromatic carbocycles. The van der Waals surface area contributed by atoms with E-state index in [1.807, 2.05) is 13.1 Å². The number of ether oxygens (including phenoxy) is 1. The first-order valence-electron chi connectivity index (χ1n) is 5.10. The van der Waals surface area contributed by atoms with Crippen LogP contribution in [0.3, 0.4) is 0 Å². The summed E-state index contributed by atoms with van der Waals surface area (Å²) in [5, 5.41) is 3.45. The predicted octanol–water partition coefficient (Wildman–Crippen LogP) is 2.74. The lowest BCUT2D eigenvalue weighted by Gasteiger charge is -2.35. The van der Waals surface area contributed by atoms with Gasteiger partial charge >= 0.3 is 0 Å². The maximum absolute atomic E-state index is 5.23.